The van der Waals surface area contributed by atoms with Crippen LogP contribution in [-0.2, 0) is 0 Å². The van der Waals surface area contributed by atoms with Crippen molar-refractivity contribution in [2.24, 2.45) is 0 Å². The highest BCUT2D eigenvalue weighted by atomic mass is 16.3. The molecule has 1 heterocycles. The minimum atomic E-state index is 0.900. The number of furan rings is 1. The first-order valence-electron chi connectivity index (χ1n) is 19.2. The van der Waals surface area contributed by atoms with Gasteiger partial charge in [0, 0.05) is 33.2 Å². The van der Waals surface area contributed by atoms with E-state index in [0.29, 0.717) is 0 Å². The monoisotopic (exact) mass is 713 g/mol. The molecular weight excluding hydrogens is 679 g/mol. The lowest BCUT2D eigenvalue weighted by molar-refractivity contribution is 0.673. The zero-order chi connectivity index (χ0) is 37.0. The molecule has 0 fully saturated rings. The second-order valence-corrected chi connectivity index (χ2v) is 14.5. The van der Waals surface area contributed by atoms with Crippen molar-refractivity contribution in [2.75, 3.05) is 4.90 Å². The predicted molar refractivity (Wildman–Crippen MR) is 237 cm³/mol. The molecule has 0 amide bonds. The molecule has 1 aromatic heterocycles. The Balaban J connectivity index is 1.00. The number of hydrogen-bond acceptors (Lipinski definition) is 2. The van der Waals surface area contributed by atoms with Crippen LogP contribution in [0.1, 0.15) is 0 Å². The summed E-state index contributed by atoms with van der Waals surface area (Å²) in [6.07, 6.45) is 0. The molecule has 0 radical (unpaired) electrons. The second kappa shape index (κ2) is 13.2. The summed E-state index contributed by atoms with van der Waals surface area (Å²) in [5.74, 6) is 0. The van der Waals surface area contributed by atoms with Gasteiger partial charge in [-0.1, -0.05) is 158 Å². The first-order valence-corrected chi connectivity index (χ1v) is 19.2. The predicted octanol–water partition coefficient (Wildman–Crippen LogP) is 15.5. The smallest absolute Gasteiger partial charge is 0.143 e. The lowest BCUT2D eigenvalue weighted by Gasteiger charge is -2.26. The van der Waals surface area contributed by atoms with E-state index >= 15 is 0 Å². The maximum Gasteiger partial charge on any atom is 0.143 e. The van der Waals surface area contributed by atoms with Crippen molar-refractivity contribution in [3.05, 3.63) is 212 Å². The van der Waals surface area contributed by atoms with Crippen molar-refractivity contribution in [1.29, 1.82) is 0 Å². The Morgan fingerprint density at radius 1 is 0.304 bits per heavy atom. The van der Waals surface area contributed by atoms with Crippen molar-refractivity contribution in [2.45, 2.75) is 0 Å². The van der Waals surface area contributed by atoms with Crippen molar-refractivity contribution >= 4 is 71.3 Å². The van der Waals surface area contributed by atoms with E-state index in [9.17, 15) is 0 Å². The van der Waals surface area contributed by atoms with E-state index in [1.54, 1.807) is 0 Å². The SMILES string of the molecule is c1ccc2cc(-c3ccc(N(c4ccc(-c5cccc6ccccc56)cc4)c4ccc(-c5cccc6oc7c8ccccc8ccc7c56)cc4)cc3)ccc2c1. The highest BCUT2D eigenvalue weighted by Crippen LogP contribution is 2.42. The van der Waals surface area contributed by atoms with Gasteiger partial charge in [0.25, 0.3) is 0 Å². The zero-order valence-corrected chi connectivity index (χ0v) is 30.6. The Hall–Kier alpha value is -7.42. The van der Waals surface area contributed by atoms with Gasteiger partial charge in [0.05, 0.1) is 0 Å². The lowest BCUT2D eigenvalue weighted by atomic mass is 9.97. The van der Waals surface area contributed by atoms with Crippen LogP contribution < -0.4 is 4.90 Å². The molecule has 0 bridgehead atoms. The van der Waals surface area contributed by atoms with Crippen molar-refractivity contribution < 1.29 is 4.42 Å². The lowest BCUT2D eigenvalue weighted by Crippen LogP contribution is -2.09. The number of benzene rings is 10. The summed E-state index contributed by atoms with van der Waals surface area (Å²) >= 11 is 0. The quantitative estimate of drug-likeness (QED) is 0.171. The van der Waals surface area contributed by atoms with Gasteiger partial charge in [-0.3, -0.25) is 0 Å². The van der Waals surface area contributed by atoms with Crippen LogP contribution in [0.4, 0.5) is 17.1 Å². The fraction of sp³-hybridized carbons (Fsp3) is 0. The molecule has 0 atom stereocenters. The van der Waals surface area contributed by atoms with Crippen LogP contribution in [-0.4, -0.2) is 0 Å². The largest absolute Gasteiger partial charge is 0.455 e. The van der Waals surface area contributed by atoms with Gasteiger partial charge in [-0.05, 0) is 115 Å². The zero-order valence-electron chi connectivity index (χ0n) is 30.6. The van der Waals surface area contributed by atoms with E-state index in [-0.39, 0.29) is 0 Å². The first-order chi connectivity index (χ1) is 27.7. The van der Waals surface area contributed by atoms with Crippen LogP contribution in [0.5, 0.6) is 0 Å². The van der Waals surface area contributed by atoms with Gasteiger partial charge < -0.3 is 9.32 Å². The third-order valence-electron chi connectivity index (χ3n) is 11.3. The van der Waals surface area contributed by atoms with Gasteiger partial charge in [-0.2, -0.15) is 0 Å². The molecule has 0 aliphatic rings. The summed E-state index contributed by atoms with van der Waals surface area (Å²) in [5, 5.41) is 9.60. The molecule has 0 saturated heterocycles. The van der Waals surface area contributed by atoms with Crippen molar-refractivity contribution in [1.82, 2.24) is 0 Å². The van der Waals surface area contributed by atoms with E-state index in [1.165, 1.54) is 49.2 Å². The van der Waals surface area contributed by atoms with Crippen LogP contribution in [0.3, 0.4) is 0 Å². The number of nitrogens with zero attached hydrogens (tertiary/aromatic N) is 1. The van der Waals surface area contributed by atoms with E-state index in [0.717, 1.165) is 55.5 Å². The van der Waals surface area contributed by atoms with Crippen molar-refractivity contribution in [3.8, 4) is 33.4 Å². The fourth-order valence-corrected chi connectivity index (χ4v) is 8.47. The van der Waals surface area contributed by atoms with Gasteiger partial charge in [0.1, 0.15) is 11.2 Å². The number of hydrogen-bond donors (Lipinski definition) is 0. The summed E-state index contributed by atoms with van der Waals surface area (Å²) < 4.78 is 6.53. The Labute approximate surface area is 325 Å². The molecular formula is C54H35NO. The van der Waals surface area contributed by atoms with Crippen LogP contribution in [0.2, 0.25) is 0 Å². The second-order valence-electron chi connectivity index (χ2n) is 14.5. The Bertz CT molecular complexity index is 3220. The molecule has 0 aliphatic heterocycles. The molecule has 11 aromatic rings. The van der Waals surface area contributed by atoms with Gasteiger partial charge in [0.15, 0.2) is 0 Å². The molecule has 2 nitrogen and oxygen atoms in total. The van der Waals surface area contributed by atoms with Crippen LogP contribution in [0.25, 0.3) is 87.6 Å². The average molecular weight is 714 g/mol. The fourth-order valence-electron chi connectivity index (χ4n) is 8.47. The maximum absolute atomic E-state index is 6.53. The first kappa shape index (κ1) is 32.0. The van der Waals surface area contributed by atoms with E-state index in [2.05, 4.69) is 217 Å². The molecule has 10 aromatic carbocycles. The maximum atomic E-state index is 6.53. The standard InChI is InChI=1S/C54H35NO/c1-2-12-42-35-43(20-19-36(42)9-1)37-21-28-44(29-22-37)55(45-30-23-40(24-31-45)48-16-7-13-38-10-3-5-14-47(38)48)46-32-25-41(26-33-46)49-17-8-18-52-53(49)51-34-27-39-11-4-6-15-50(39)54(51)56-52/h1-35H. The Kier molecular flexibility index (Phi) is 7.53. The van der Waals surface area contributed by atoms with E-state index < -0.39 is 0 Å². The third kappa shape index (κ3) is 5.42. The summed E-state index contributed by atoms with van der Waals surface area (Å²) in [6.45, 7) is 0. The van der Waals surface area contributed by atoms with E-state index in [1.807, 2.05) is 0 Å². The Morgan fingerprint density at radius 2 is 0.804 bits per heavy atom. The van der Waals surface area contributed by atoms with Crippen LogP contribution in [0, 0.1) is 0 Å². The molecule has 0 spiro atoms. The number of fused-ring (bicyclic) bond motifs is 7. The third-order valence-corrected chi connectivity index (χ3v) is 11.3. The summed E-state index contributed by atoms with van der Waals surface area (Å²) in [4.78, 5) is 2.35. The van der Waals surface area contributed by atoms with Gasteiger partial charge in [-0.15, -0.1) is 0 Å². The number of anilines is 3. The summed E-state index contributed by atoms with van der Waals surface area (Å²) in [6, 6.07) is 76.5. The molecule has 2 heteroatoms. The molecule has 262 valence electrons. The topological polar surface area (TPSA) is 16.4 Å². The van der Waals surface area contributed by atoms with Gasteiger partial charge in [-0.25, -0.2) is 0 Å². The van der Waals surface area contributed by atoms with Crippen LogP contribution >= 0.6 is 0 Å². The average Bonchev–Trinajstić information content (AvgIpc) is 3.67. The van der Waals surface area contributed by atoms with Crippen molar-refractivity contribution in [3.63, 3.8) is 0 Å². The molecule has 0 unspecified atom stereocenters. The molecule has 0 aliphatic carbocycles. The molecule has 0 saturated carbocycles. The minimum Gasteiger partial charge on any atom is -0.455 e. The normalized spacial score (nSPS) is 11.6. The number of rotatable bonds is 6. The molecule has 56 heavy (non-hydrogen) atoms. The summed E-state index contributed by atoms with van der Waals surface area (Å²) in [7, 11) is 0. The molecule has 11 rings (SSSR count). The van der Waals surface area contributed by atoms with Crippen LogP contribution in [0.15, 0.2) is 217 Å². The Morgan fingerprint density at radius 3 is 1.52 bits per heavy atom. The summed E-state index contributed by atoms with van der Waals surface area (Å²) in [5.41, 5.74) is 12.2. The molecule has 0 N–H and O–H groups in total. The van der Waals surface area contributed by atoms with E-state index in [4.69, 9.17) is 4.42 Å². The highest BCUT2D eigenvalue weighted by molar-refractivity contribution is 6.19. The minimum absolute atomic E-state index is 0.900. The van der Waals surface area contributed by atoms with Gasteiger partial charge in [0.2, 0.25) is 0 Å². The highest BCUT2D eigenvalue weighted by Gasteiger charge is 2.17. The van der Waals surface area contributed by atoms with Gasteiger partial charge >= 0.3 is 0 Å².